The fourth-order valence-corrected chi connectivity index (χ4v) is 8.18. The highest BCUT2D eigenvalue weighted by Gasteiger charge is 2.50. The number of carboxylic acid groups (broad SMARTS) is 1. The van der Waals surface area contributed by atoms with Crippen molar-refractivity contribution in [2.24, 2.45) is 0 Å². The lowest BCUT2D eigenvalue weighted by molar-refractivity contribution is -0.301. The summed E-state index contributed by atoms with van der Waals surface area (Å²) in [5.74, 6) is -3.29. The van der Waals surface area contributed by atoms with Gasteiger partial charge in [-0.25, -0.2) is 4.79 Å². The van der Waals surface area contributed by atoms with Gasteiger partial charge in [-0.15, -0.1) is 0 Å². The molecule has 0 aromatic heterocycles. The van der Waals surface area contributed by atoms with Gasteiger partial charge in [0.05, 0.1) is 6.61 Å². The molecule has 1 rings (SSSR count). The fraction of sp³-hybridized carbons (Fsp3) is 0.612. The molecule has 1 fully saturated rings. The average molecular weight is 1100 g/mol. The Labute approximate surface area is 477 Å². The molecule has 0 aliphatic carbocycles. The average Bonchev–Trinajstić information content (AvgIpc) is 3.47. The van der Waals surface area contributed by atoms with Gasteiger partial charge in [0, 0.05) is 19.3 Å². The van der Waals surface area contributed by atoms with Gasteiger partial charge in [-0.1, -0.05) is 225 Å². The second-order valence-corrected chi connectivity index (χ2v) is 19.9. The highest BCUT2D eigenvalue weighted by atomic mass is 16.7. The second kappa shape index (κ2) is 53.5. The molecule has 6 unspecified atom stereocenters. The van der Waals surface area contributed by atoms with Crippen molar-refractivity contribution >= 4 is 23.9 Å². The molecule has 79 heavy (non-hydrogen) atoms. The SMILES string of the molecule is CC/C=C\C/C=C\C/C=C\C/C=C\C/C=C\C/C=C\CCC(=O)OCC(COC1OC(C(=O)O)C(O)C(O)C1OC(=O)CCCCCCCCCCCCC)OC(=O)CCCCC/C=C\C/C=C\C/C=C\C/C=C\C/C=C\CC. The minimum absolute atomic E-state index is 0.0441. The third-order valence-electron chi connectivity index (χ3n) is 12.7. The van der Waals surface area contributed by atoms with Crippen LogP contribution in [0.3, 0.4) is 0 Å². The predicted molar refractivity (Wildman–Crippen MR) is 321 cm³/mol. The molecular weight excluding hydrogens is 997 g/mol. The van der Waals surface area contributed by atoms with E-state index in [0.29, 0.717) is 25.7 Å². The van der Waals surface area contributed by atoms with E-state index < -0.39 is 67.3 Å². The van der Waals surface area contributed by atoms with Crippen molar-refractivity contribution in [3.05, 3.63) is 134 Å². The molecule has 6 atom stereocenters. The number of aliphatic carboxylic acids is 1. The van der Waals surface area contributed by atoms with Crippen LogP contribution in [0.2, 0.25) is 0 Å². The van der Waals surface area contributed by atoms with Crippen LogP contribution in [0.5, 0.6) is 0 Å². The summed E-state index contributed by atoms with van der Waals surface area (Å²) in [7, 11) is 0. The van der Waals surface area contributed by atoms with Crippen molar-refractivity contribution in [3.8, 4) is 0 Å². The van der Waals surface area contributed by atoms with Gasteiger partial charge in [-0.2, -0.15) is 0 Å². The van der Waals surface area contributed by atoms with Gasteiger partial charge in [0.1, 0.15) is 18.8 Å². The third kappa shape index (κ3) is 43.4. The molecule has 0 spiro atoms. The summed E-state index contributed by atoms with van der Waals surface area (Å²) in [6.45, 7) is 5.65. The number of carboxylic acids is 1. The fourth-order valence-electron chi connectivity index (χ4n) is 8.18. The van der Waals surface area contributed by atoms with Crippen LogP contribution in [0.15, 0.2) is 134 Å². The first kappa shape index (κ1) is 71.9. The van der Waals surface area contributed by atoms with Crippen LogP contribution in [-0.4, -0.2) is 89.2 Å². The largest absolute Gasteiger partial charge is 0.479 e. The van der Waals surface area contributed by atoms with Gasteiger partial charge in [-0.05, 0) is 103 Å². The Hall–Kier alpha value is -5.14. The maximum Gasteiger partial charge on any atom is 0.335 e. The van der Waals surface area contributed by atoms with E-state index in [1.807, 2.05) is 12.2 Å². The summed E-state index contributed by atoms with van der Waals surface area (Å²) in [4.78, 5) is 51.1. The highest BCUT2D eigenvalue weighted by Crippen LogP contribution is 2.26. The number of carbonyl (C=O) groups excluding carboxylic acids is 3. The quantitative estimate of drug-likeness (QED) is 0.0228. The van der Waals surface area contributed by atoms with E-state index in [4.69, 9.17) is 23.7 Å². The molecule has 1 saturated heterocycles. The van der Waals surface area contributed by atoms with Crippen molar-refractivity contribution in [1.82, 2.24) is 0 Å². The standard InChI is InChI=1S/C67H104O12/c1-4-7-10-13-16-19-22-24-26-28-30-32-34-36-39-41-44-47-50-53-59(68)75-56-58(77-60(69)54-51-48-45-43-40-37-35-33-31-29-27-25-23-20-17-14-11-8-5-2)57-76-67-65(63(72)62(71)64(79-67)66(73)74)78-61(70)55-52-49-46-42-38-21-18-15-12-9-6-3/h7-8,10-11,16-17,19-20,24-27,30-33,36-37,39-40,44,47,58,62-65,67,71-72H,4-6,9,12-15,18,21-23,28-29,34-35,38,41-43,45-46,48-57H2,1-3H3,(H,73,74)/b10-7-,11-8-,19-16-,20-17-,26-24-,27-25-,32-30-,33-31-,39-36-,40-37-,47-44-. The normalized spacial score (nSPS) is 18.8. The number of esters is 3. The summed E-state index contributed by atoms with van der Waals surface area (Å²) >= 11 is 0. The molecule has 0 amide bonds. The van der Waals surface area contributed by atoms with Crippen molar-refractivity contribution in [2.75, 3.05) is 13.2 Å². The second-order valence-electron chi connectivity index (χ2n) is 19.9. The summed E-state index contributed by atoms with van der Waals surface area (Å²) < 4.78 is 28.3. The minimum atomic E-state index is -1.92. The van der Waals surface area contributed by atoms with Crippen molar-refractivity contribution in [3.63, 3.8) is 0 Å². The zero-order valence-corrected chi connectivity index (χ0v) is 48.8. The van der Waals surface area contributed by atoms with Crippen molar-refractivity contribution < 1.29 is 58.2 Å². The van der Waals surface area contributed by atoms with Crippen LogP contribution < -0.4 is 0 Å². The van der Waals surface area contributed by atoms with Crippen LogP contribution in [0.25, 0.3) is 0 Å². The molecule has 0 aromatic rings. The first-order chi connectivity index (χ1) is 38.6. The lowest BCUT2D eigenvalue weighted by atomic mass is 9.98. The number of hydrogen-bond donors (Lipinski definition) is 3. The van der Waals surface area contributed by atoms with Crippen LogP contribution in [-0.2, 0) is 42.9 Å². The Morgan fingerprint density at radius 1 is 0.430 bits per heavy atom. The molecule has 0 bridgehead atoms. The van der Waals surface area contributed by atoms with E-state index in [9.17, 15) is 34.5 Å². The third-order valence-corrected chi connectivity index (χ3v) is 12.7. The molecule has 1 heterocycles. The zero-order chi connectivity index (χ0) is 57.5. The van der Waals surface area contributed by atoms with Gasteiger partial charge in [0.15, 0.2) is 24.6 Å². The molecule has 12 nitrogen and oxygen atoms in total. The Morgan fingerprint density at radius 2 is 0.823 bits per heavy atom. The maximum absolute atomic E-state index is 13.2. The summed E-state index contributed by atoms with van der Waals surface area (Å²) in [5, 5.41) is 31.5. The molecule has 1 aliphatic heterocycles. The maximum atomic E-state index is 13.2. The van der Waals surface area contributed by atoms with Crippen LogP contribution in [0, 0.1) is 0 Å². The topological polar surface area (TPSA) is 175 Å². The Kier molecular flexibility index (Phi) is 48.7. The van der Waals surface area contributed by atoms with E-state index in [-0.39, 0.29) is 25.9 Å². The summed E-state index contributed by atoms with van der Waals surface area (Å²) in [6, 6.07) is 0. The molecule has 1 aliphatic rings. The van der Waals surface area contributed by atoms with Crippen LogP contribution in [0.4, 0.5) is 0 Å². The first-order valence-electron chi connectivity index (χ1n) is 30.2. The van der Waals surface area contributed by atoms with Gasteiger partial charge < -0.3 is 39.0 Å². The smallest absolute Gasteiger partial charge is 0.335 e. The number of allylic oxidation sites excluding steroid dienone is 22. The number of aliphatic hydroxyl groups excluding tert-OH is 2. The van der Waals surface area contributed by atoms with Gasteiger partial charge >= 0.3 is 23.9 Å². The van der Waals surface area contributed by atoms with E-state index in [2.05, 4.69) is 142 Å². The molecule has 3 N–H and O–H groups in total. The van der Waals surface area contributed by atoms with Crippen molar-refractivity contribution in [1.29, 1.82) is 0 Å². The van der Waals surface area contributed by atoms with Crippen LogP contribution in [0.1, 0.15) is 213 Å². The van der Waals surface area contributed by atoms with Crippen molar-refractivity contribution in [2.45, 2.75) is 250 Å². The predicted octanol–water partition coefficient (Wildman–Crippen LogP) is 15.8. The lowest BCUT2D eigenvalue weighted by Gasteiger charge is -2.40. The summed E-state index contributed by atoms with van der Waals surface area (Å²) in [6.07, 6.45) is 62.9. The van der Waals surface area contributed by atoms with E-state index in [0.717, 1.165) is 109 Å². The summed E-state index contributed by atoms with van der Waals surface area (Å²) in [5.41, 5.74) is 0. The Bertz CT molecular complexity index is 1880. The molecule has 0 radical (unpaired) electrons. The number of aliphatic hydroxyl groups is 2. The van der Waals surface area contributed by atoms with Gasteiger partial charge in [0.2, 0.25) is 0 Å². The van der Waals surface area contributed by atoms with Crippen LogP contribution >= 0.6 is 0 Å². The van der Waals surface area contributed by atoms with E-state index in [1.54, 1.807) is 0 Å². The van der Waals surface area contributed by atoms with E-state index in [1.165, 1.54) is 38.5 Å². The molecule has 12 heteroatoms. The number of carbonyl (C=O) groups is 4. The molecule has 444 valence electrons. The number of ether oxygens (including phenoxy) is 5. The highest BCUT2D eigenvalue weighted by molar-refractivity contribution is 5.74. The Balaban J connectivity index is 2.76. The Morgan fingerprint density at radius 3 is 1.27 bits per heavy atom. The van der Waals surface area contributed by atoms with E-state index >= 15 is 0 Å². The first-order valence-corrected chi connectivity index (χ1v) is 30.2. The molecule has 0 saturated carbocycles. The van der Waals surface area contributed by atoms with Gasteiger partial charge in [0.25, 0.3) is 0 Å². The lowest BCUT2D eigenvalue weighted by Crippen LogP contribution is -2.61. The monoisotopic (exact) mass is 1100 g/mol. The number of rotatable bonds is 49. The number of hydrogen-bond acceptors (Lipinski definition) is 11. The number of unbranched alkanes of at least 4 members (excludes halogenated alkanes) is 13. The minimum Gasteiger partial charge on any atom is -0.479 e. The van der Waals surface area contributed by atoms with Gasteiger partial charge in [-0.3, -0.25) is 14.4 Å². The molecule has 0 aromatic carbocycles. The molecular formula is C67H104O12. The zero-order valence-electron chi connectivity index (χ0n) is 48.8.